The predicted molar refractivity (Wildman–Crippen MR) is 81.7 cm³/mol. The maximum atomic E-state index is 12.2. The van der Waals surface area contributed by atoms with Crippen molar-refractivity contribution in [2.75, 3.05) is 6.54 Å². The Kier molecular flexibility index (Phi) is 3.53. The van der Waals surface area contributed by atoms with Gasteiger partial charge < -0.3 is 4.90 Å². The van der Waals surface area contributed by atoms with Crippen molar-refractivity contribution in [1.82, 2.24) is 14.7 Å². The molecule has 1 aromatic carbocycles. The Hall–Kier alpha value is -2.10. The minimum atomic E-state index is 0.0391. The quantitative estimate of drug-likeness (QED) is 0.868. The highest BCUT2D eigenvalue weighted by Crippen LogP contribution is 2.34. The van der Waals surface area contributed by atoms with Gasteiger partial charge in [-0.2, -0.15) is 5.10 Å². The molecule has 1 fully saturated rings. The van der Waals surface area contributed by atoms with Crippen LogP contribution in [0.2, 0.25) is 0 Å². The number of aryl methyl sites for hydroxylation is 1. The predicted octanol–water partition coefficient (Wildman–Crippen LogP) is 2.50. The van der Waals surface area contributed by atoms with Crippen molar-refractivity contribution >= 4 is 5.91 Å². The van der Waals surface area contributed by atoms with Crippen LogP contribution in [0.25, 0.3) is 0 Å². The summed E-state index contributed by atoms with van der Waals surface area (Å²) >= 11 is 0. The van der Waals surface area contributed by atoms with Crippen molar-refractivity contribution in [2.45, 2.75) is 31.7 Å². The molecule has 0 aliphatic carbocycles. The van der Waals surface area contributed by atoms with Crippen LogP contribution in [-0.4, -0.2) is 27.1 Å². The van der Waals surface area contributed by atoms with Gasteiger partial charge in [-0.1, -0.05) is 37.3 Å². The van der Waals surface area contributed by atoms with Gasteiger partial charge in [0, 0.05) is 43.7 Å². The van der Waals surface area contributed by atoms with Crippen molar-refractivity contribution < 1.29 is 4.79 Å². The Morgan fingerprint density at radius 2 is 2.05 bits per heavy atom. The monoisotopic (exact) mass is 283 g/mol. The van der Waals surface area contributed by atoms with Crippen molar-refractivity contribution in [1.29, 1.82) is 0 Å². The van der Waals surface area contributed by atoms with E-state index >= 15 is 0 Å². The molecule has 0 saturated carbocycles. The molecule has 2 aromatic rings. The second-order valence-electron chi connectivity index (χ2n) is 6.20. The second-order valence-corrected chi connectivity index (χ2v) is 6.20. The minimum absolute atomic E-state index is 0.0391. The minimum Gasteiger partial charge on any atom is -0.337 e. The zero-order valence-corrected chi connectivity index (χ0v) is 12.6. The lowest BCUT2D eigenvalue weighted by Crippen LogP contribution is -2.46. The molecule has 0 spiro atoms. The first-order valence-corrected chi connectivity index (χ1v) is 7.38. The maximum Gasteiger partial charge on any atom is 0.222 e. The molecule has 0 unspecified atom stereocenters. The Morgan fingerprint density at radius 3 is 2.71 bits per heavy atom. The summed E-state index contributed by atoms with van der Waals surface area (Å²) in [6.45, 7) is 3.67. The van der Waals surface area contributed by atoms with Crippen LogP contribution < -0.4 is 0 Å². The highest BCUT2D eigenvalue weighted by Gasteiger charge is 2.36. The summed E-state index contributed by atoms with van der Waals surface area (Å²) in [4.78, 5) is 14.2. The Balaban J connectivity index is 1.80. The van der Waals surface area contributed by atoms with Gasteiger partial charge in [-0.3, -0.25) is 9.48 Å². The lowest BCUT2D eigenvalue weighted by Gasteiger charge is -2.40. The van der Waals surface area contributed by atoms with Gasteiger partial charge in [-0.25, -0.2) is 0 Å². The van der Waals surface area contributed by atoms with E-state index < -0.39 is 0 Å². The summed E-state index contributed by atoms with van der Waals surface area (Å²) in [5.74, 6) is 0.243. The molecule has 0 radical (unpaired) electrons. The summed E-state index contributed by atoms with van der Waals surface area (Å²) in [7, 11) is 1.90. The third-order valence-corrected chi connectivity index (χ3v) is 4.39. The summed E-state index contributed by atoms with van der Waals surface area (Å²) in [6.07, 6.45) is 5.34. The van der Waals surface area contributed by atoms with E-state index in [-0.39, 0.29) is 11.3 Å². The highest BCUT2D eigenvalue weighted by atomic mass is 16.2. The summed E-state index contributed by atoms with van der Waals surface area (Å²) in [6, 6.07) is 10.5. The van der Waals surface area contributed by atoms with Crippen molar-refractivity contribution in [3.8, 4) is 0 Å². The van der Waals surface area contributed by atoms with Gasteiger partial charge in [-0.05, 0) is 12.0 Å². The number of hydrogen-bond acceptors (Lipinski definition) is 2. The molecule has 1 atom stereocenters. The third-order valence-electron chi connectivity index (χ3n) is 4.39. The van der Waals surface area contributed by atoms with E-state index in [1.165, 1.54) is 5.56 Å². The lowest BCUT2D eigenvalue weighted by atomic mass is 9.75. The highest BCUT2D eigenvalue weighted by molar-refractivity contribution is 5.77. The van der Waals surface area contributed by atoms with Gasteiger partial charge in [0.25, 0.3) is 0 Å². The number of benzene rings is 1. The van der Waals surface area contributed by atoms with Crippen LogP contribution in [0.15, 0.2) is 42.7 Å². The van der Waals surface area contributed by atoms with Crippen LogP contribution in [0.4, 0.5) is 0 Å². The smallest absolute Gasteiger partial charge is 0.222 e. The van der Waals surface area contributed by atoms with E-state index in [1.54, 1.807) is 4.68 Å². The van der Waals surface area contributed by atoms with Gasteiger partial charge in [0.1, 0.15) is 0 Å². The first-order chi connectivity index (χ1) is 10.1. The number of carbonyl (C=O) groups is 1. The normalized spacial score (nSPS) is 22.6. The molecule has 21 heavy (non-hydrogen) atoms. The average Bonchev–Trinajstić information content (AvgIpc) is 2.89. The van der Waals surface area contributed by atoms with Crippen LogP contribution in [0.1, 0.15) is 30.9 Å². The first kappa shape index (κ1) is 13.9. The van der Waals surface area contributed by atoms with E-state index in [1.807, 2.05) is 30.4 Å². The number of aromatic nitrogens is 2. The van der Waals surface area contributed by atoms with Crippen molar-refractivity contribution in [3.05, 3.63) is 53.9 Å². The van der Waals surface area contributed by atoms with Gasteiger partial charge in [0.15, 0.2) is 0 Å². The van der Waals surface area contributed by atoms with Crippen LogP contribution in [-0.2, 0) is 23.8 Å². The number of hydrogen-bond donors (Lipinski definition) is 0. The Morgan fingerprint density at radius 1 is 1.29 bits per heavy atom. The molecule has 1 aliphatic heterocycles. The Bertz CT molecular complexity index is 634. The molecule has 0 N–H and O–H groups in total. The van der Waals surface area contributed by atoms with E-state index in [0.717, 1.165) is 18.5 Å². The van der Waals surface area contributed by atoms with E-state index in [2.05, 4.69) is 36.3 Å². The fraction of sp³-hybridized carbons (Fsp3) is 0.412. The third kappa shape index (κ3) is 2.84. The fourth-order valence-electron chi connectivity index (χ4n) is 3.12. The Labute approximate surface area is 125 Å². The van der Waals surface area contributed by atoms with Crippen molar-refractivity contribution in [3.63, 3.8) is 0 Å². The molecule has 4 heteroatoms. The topological polar surface area (TPSA) is 38.1 Å². The molecule has 3 rings (SSSR count). The molecule has 1 amide bonds. The fourth-order valence-corrected chi connectivity index (χ4v) is 3.12. The standard InChI is InChI=1S/C17H21N3O/c1-17(15-6-4-3-5-7-15)9-8-16(21)20(13-17)12-14-10-18-19(2)11-14/h3-7,10-11H,8-9,12-13H2,1-2H3/t17-/m1/s1. The number of amides is 1. The number of piperidine rings is 1. The van der Waals surface area contributed by atoms with Crippen molar-refractivity contribution in [2.24, 2.45) is 7.05 Å². The molecule has 0 bridgehead atoms. The molecule has 2 heterocycles. The molecular formula is C17H21N3O. The first-order valence-electron chi connectivity index (χ1n) is 7.38. The molecule has 1 aliphatic rings. The van der Waals surface area contributed by atoms with Gasteiger partial charge in [-0.15, -0.1) is 0 Å². The molecule has 110 valence electrons. The van der Waals surface area contributed by atoms with E-state index in [0.29, 0.717) is 13.0 Å². The lowest BCUT2D eigenvalue weighted by molar-refractivity contribution is -0.136. The van der Waals surface area contributed by atoms with Gasteiger partial charge >= 0.3 is 0 Å². The SMILES string of the molecule is Cn1cc(CN2C[C@](C)(c3ccccc3)CCC2=O)cn1. The van der Waals surface area contributed by atoms with E-state index in [4.69, 9.17) is 0 Å². The number of carbonyl (C=O) groups excluding carboxylic acids is 1. The van der Waals surface area contributed by atoms with Gasteiger partial charge in [0.05, 0.1) is 6.20 Å². The maximum absolute atomic E-state index is 12.2. The largest absolute Gasteiger partial charge is 0.337 e. The molecule has 1 saturated heterocycles. The van der Waals surface area contributed by atoms with Crippen LogP contribution in [0.5, 0.6) is 0 Å². The van der Waals surface area contributed by atoms with Crippen LogP contribution >= 0.6 is 0 Å². The van der Waals surface area contributed by atoms with Crippen LogP contribution in [0.3, 0.4) is 0 Å². The molecule has 1 aromatic heterocycles. The summed E-state index contributed by atoms with van der Waals surface area (Å²) in [5, 5.41) is 4.18. The summed E-state index contributed by atoms with van der Waals surface area (Å²) in [5.41, 5.74) is 2.44. The second kappa shape index (κ2) is 5.35. The van der Waals surface area contributed by atoms with E-state index in [9.17, 15) is 4.79 Å². The van der Waals surface area contributed by atoms with Gasteiger partial charge in [0.2, 0.25) is 5.91 Å². The number of likely N-dealkylation sites (tertiary alicyclic amines) is 1. The zero-order valence-electron chi connectivity index (χ0n) is 12.6. The molecular weight excluding hydrogens is 262 g/mol. The molecule has 4 nitrogen and oxygen atoms in total. The average molecular weight is 283 g/mol. The van der Waals surface area contributed by atoms with Crippen LogP contribution in [0, 0.1) is 0 Å². The summed E-state index contributed by atoms with van der Waals surface area (Å²) < 4.78 is 1.78. The number of rotatable bonds is 3. The zero-order chi connectivity index (χ0) is 14.9. The number of nitrogens with zero attached hydrogens (tertiary/aromatic N) is 3.